The second kappa shape index (κ2) is 9.06. The largest absolute Gasteiger partial charge is 0.356 e. The summed E-state index contributed by atoms with van der Waals surface area (Å²) in [4.78, 5) is 12.0. The van der Waals surface area contributed by atoms with Crippen LogP contribution in [-0.4, -0.2) is 33.7 Å². The molecule has 136 valence electrons. The van der Waals surface area contributed by atoms with Crippen LogP contribution in [0.15, 0.2) is 18.2 Å². The molecule has 0 aliphatic heterocycles. The van der Waals surface area contributed by atoms with Crippen LogP contribution in [0.3, 0.4) is 0 Å². The third-order valence-corrected chi connectivity index (χ3v) is 5.10. The van der Waals surface area contributed by atoms with Crippen molar-refractivity contribution in [2.45, 2.75) is 47.0 Å². The molecule has 0 saturated carbocycles. The van der Waals surface area contributed by atoms with Gasteiger partial charge in [0.1, 0.15) is 0 Å². The van der Waals surface area contributed by atoms with Crippen LogP contribution in [0.1, 0.15) is 44.7 Å². The quantitative estimate of drug-likeness (QED) is 0.741. The average Bonchev–Trinajstić information content (AvgIpc) is 2.47. The molecule has 1 amide bonds. The Morgan fingerprint density at radius 3 is 2.50 bits per heavy atom. The van der Waals surface area contributed by atoms with Crippen molar-refractivity contribution < 1.29 is 13.2 Å². The van der Waals surface area contributed by atoms with Crippen molar-refractivity contribution in [3.63, 3.8) is 0 Å². The van der Waals surface area contributed by atoms with Gasteiger partial charge in [-0.1, -0.05) is 39.0 Å². The van der Waals surface area contributed by atoms with Gasteiger partial charge < -0.3 is 5.32 Å². The summed E-state index contributed by atoms with van der Waals surface area (Å²) in [5.41, 5.74) is 2.58. The number of anilines is 1. The number of aryl methyl sites for hydroxylation is 2. The minimum Gasteiger partial charge on any atom is -0.356 e. The molecular formula is C18H30N2O3S. The van der Waals surface area contributed by atoms with Crippen molar-refractivity contribution in [1.29, 1.82) is 0 Å². The Balaban J connectivity index is 2.88. The molecular weight excluding hydrogens is 324 g/mol. The van der Waals surface area contributed by atoms with E-state index in [0.29, 0.717) is 18.2 Å². The summed E-state index contributed by atoms with van der Waals surface area (Å²) in [7, 11) is -3.45. The van der Waals surface area contributed by atoms with Crippen LogP contribution in [0.25, 0.3) is 0 Å². The van der Waals surface area contributed by atoms with Gasteiger partial charge in [-0.25, -0.2) is 8.42 Å². The first kappa shape index (κ1) is 20.5. The minimum atomic E-state index is -3.45. The molecule has 1 rings (SSSR count). The average molecular weight is 355 g/mol. The normalized spacial score (nSPS) is 11.6. The maximum absolute atomic E-state index is 12.3. The number of nitrogens with zero attached hydrogens (tertiary/aromatic N) is 1. The number of nitrogens with one attached hydrogen (secondary N) is 1. The van der Waals surface area contributed by atoms with Crippen LogP contribution in [0.2, 0.25) is 0 Å². The molecule has 0 aliphatic rings. The molecule has 5 nitrogen and oxygen atoms in total. The predicted molar refractivity (Wildman–Crippen MR) is 99.8 cm³/mol. The van der Waals surface area contributed by atoms with Crippen molar-refractivity contribution >= 4 is 21.6 Å². The first-order chi connectivity index (χ1) is 11.2. The SMILES string of the molecule is CCc1cccc(C)c1N(CCC(=O)NCCC(C)C)S(C)(=O)=O. The van der Waals surface area contributed by atoms with Gasteiger partial charge in [-0.15, -0.1) is 0 Å². The van der Waals surface area contributed by atoms with Crippen molar-refractivity contribution in [1.82, 2.24) is 5.32 Å². The van der Waals surface area contributed by atoms with Gasteiger partial charge >= 0.3 is 0 Å². The van der Waals surface area contributed by atoms with Gasteiger partial charge in [0.05, 0.1) is 11.9 Å². The number of hydrogen-bond donors (Lipinski definition) is 1. The Bertz CT molecular complexity index is 654. The number of benzene rings is 1. The van der Waals surface area contributed by atoms with E-state index in [9.17, 15) is 13.2 Å². The zero-order valence-corrected chi connectivity index (χ0v) is 16.2. The molecule has 0 aromatic heterocycles. The Labute approximate surface area is 146 Å². The molecule has 0 unspecified atom stereocenters. The van der Waals surface area contributed by atoms with Crippen molar-refractivity contribution in [3.05, 3.63) is 29.3 Å². The Morgan fingerprint density at radius 1 is 1.29 bits per heavy atom. The first-order valence-corrected chi connectivity index (χ1v) is 10.3. The van der Waals surface area contributed by atoms with E-state index in [0.717, 1.165) is 24.0 Å². The lowest BCUT2D eigenvalue weighted by molar-refractivity contribution is -0.120. The molecule has 0 saturated heterocycles. The molecule has 0 radical (unpaired) electrons. The number of para-hydroxylation sites is 1. The van der Waals surface area contributed by atoms with Crippen LogP contribution in [0.5, 0.6) is 0 Å². The lowest BCUT2D eigenvalue weighted by Crippen LogP contribution is -2.36. The Kier molecular flexibility index (Phi) is 7.73. The summed E-state index contributed by atoms with van der Waals surface area (Å²) >= 11 is 0. The van der Waals surface area contributed by atoms with Crippen molar-refractivity contribution in [3.8, 4) is 0 Å². The molecule has 0 aliphatic carbocycles. The molecule has 24 heavy (non-hydrogen) atoms. The standard InChI is InChI=1S/C18H30N2O3S/c1-6-16-9-7-8-15(4)18(16)20(24(5,22)23)13-11-17(21)19-12-10-14(2)3/h7-9,14H,6,10-13H2,1-5H3,(H,19,21). The molecule has 0 heterocycles. The summed E-state index contributed by atoms with van der Waals surface area (Å²) in [5.74, 6) is 0.410. The molecule has 1 N–H and O–H groups in total. The molecule has 1 aromatic carbocycles. The number of carbonyl (C=O) groups is 1. The predicted octanol–water partition coefficient (Wildman–Crippen LogP) is 2.88. The van der Waals surface area contributed by atoms with E-state index in [1.807, 2.05) is 32.0 Å². The van der Waals surface area contributed by atoms with Crippen LogP contribution in [-0.2, 0) is 21.2 Å². The monoisotopic (exact) mass is 354 g/mol. The smallest absolute Gasteiger partial charge is 0.232 e. The molecule has 0 fully saturated rings. The van der Waals surface area contributed by atoms with E-state index < -0.39 is 10.0 Å². The van der Waals surface area contributed by atoms with E-state index in [2.05, 4.69) is 19.2 Å². The molecule has 1 aromatic rings. The summed E-state index contributed by atoms with van der Waals surface area (Å²) in [5, 5.41) is 2.86. The number of sulfonamides is 1. The lowest BCUT2D eigenvalue weighted by atomic mass is 10.1. The van der Waals surface area contributed by atoms with Gasteiger partial charge in [0, 0.05) is 19.5 Å². The van der Waals surface area contributed by atoms with Gasteiger partial charge in [0.2, 0.25) is 15.9 Å². The highest BCUT2D eigenvalue weighted by Crippen LogP contribution is 2.28. The summed E-state index contributed by atoms with van der Waals surface area (Å²) in [6, 6.07) is 5.76. The second-order valence-corrected chi connectivity index (χ2v) is 8.46. The molecule has 0 atom stereocenters. The molecule has 6 heteroatoms. The zero-order valence-electron chi connectivity index (χ0n) is 15.4. The fourth-order valence-corrected chi connectivity index (χ4v) is 3.61. The summed E-state index contributed by atoms with van der Waals surface area (Å²) in [6.07, 6.45) is 3.00. The number of rotatable bonds is 9. The fraction of sp³-hybridized carbons (Fsp3) is 0.611. The van der Waals surface area contributed by atoms with Crippen LogP contribution in [0.4, 0.5) is 5.69 Å². The van der Waals surface area contributed by atoms with Gasteiger partial charge in [-0.3, -0.25) is 9.10 Å². The zero-order chi connectivity index (χ0) is 18.3. The third kappa shape index (κ3) is 6.15. The Morgan fingerprint density at radius 2 is 1.96 bits per heavy atom. The maximum atomic E-state index is 12.3. The molecule has 0 bridgehead atoms. The highest BCUT2D eigenvalue weighted by molar-refractivity contribution is 7.92. The van der Waals surface area contributed by atoms with Gasteiger partial charge in [0.25, 0.3) is 0 Å². The van der Waals surface area contributed by atoms with Gasteiger partial charge in [-0.2, -0.15) is 0 Å². The summed E-state index contributed by atoms with van der Waals surface area (Å²) in [6.45, 7) is 8.88. The van der Waals surface area contributed by atoms with Crippen LogP contribution >= 0.6 is 0 Å². The van der Waals surface area contributed by atoms with Crippen LogP contribution in [0, 0.1) is 12.8 Å². The van der Waals surface area contributed by atoms with Gasteiger partial charge in [0.15, 0.2) is 0 Å². The third-order valence-electron chi connectivity index (χ3n) is 3.94. The number of carbonyl (C=O) groups excluding carboxylic acids is 1. The van der Waals surface area contributed by atoms with Crippen molar-refractivity contribution in [2.75, 3.05) is 23.7 Å². The van der Waals surface area contributed by atoms with E-state index in [-0.39, 0.29) is 18.9 Å². The lowest BCUT2D eigenvalue weighted by Gasteiger charge is -2.26. The van der Waals surface area contributed by atoms with E-state index >= 15 is 0 Å². The maximum Gasteiger partial charge on any atom is 0.232 e. The fourth-order valence-electron chi connectivity index (χ4n) is 2.60. The highest BCUT2D eigenvalue weighted by Gasteiger charge is 2.22. The van der Waals surface area contributed by atoms with Crippen molar-refractivity contribution in [2.24, 2.45) is 5.92 Å². The van der Waals surface area contributed by atoms with Crippen LogP contribution < -0.4 is 9.62 Å². The minimum absolute atomic E-state index is 0.115. The highest BCUT2D eigenvalue weighted by atomic mass is 32.2. The van der Waals surface area contributed by atoms with Gasteiger partial charge in [-0.05, 0) is 36.8 Å². The van der Waals surface area contributed by atoms with E-state index in [1.165, 1.54) is 10.6 Å². The number of hydrogen-bond acceptors (Lipinski definition) is 3. The topological polar surface area (TPSA) is 66.5 Å². The molecule has 0 spiro atoms. The number of amides is 1. The summed E-state index contributed by atoms with van der Waals surface area (Å²) < 4.78 is 25.9. The first-order valence-electron chi connectivity index (χ1n) is 8.49. The Hall–Kier alpha value is -1.56. The second-order valence-electron chi connectivity index (χ2n) is 6.55. The van der Waals surface area contributed by atoms with E-state index in [4.69, 9.17) is 0 Å². The van der Waals surface area contributed by atoms with E-state index in [1.54, 1.807) is 0 Å².